The van der Waals surface area contributed by atoms with E-state index in [2.05, 4.69) is 20.1 Å². The summed E-state index contributed by atoms with van der Waals surface area (Å²) in [6.07, 6.45) is 6.26. The first kappa shape index (κ1) is 19.3. The zero-order chi connectivity index (χ0) is 19.3. The van der Waals surface area contributed by atoms with Crippen molar-refractivity contribution in [1.82, 2.24) is 24.6 Å². The number of nitrogens with zero attached hydrogens (tertiary/aromatic N) is 4. The maximum atomic E-state index is 12.5. The predicted molar refractivity (Wildman–Crippen MR) is 104 cm³/mol. The van der Waals surface area contributed by atoms with Crippen LogP contribution in [0.2, 0.25) is 0 Å². The van der Waals surface area contributed by atoms with Crippen molar-refractivity contribution in [2.75, 3.05) is 19.3 Å². The van der Waals surface area contributed by atoms with Gasteiger partial charge in [-0.1, -0.05) is 37.3 Å². The fourth-order valence-corrected chi connectivity index (χ4v) is 3.91. The number of aromatic nitrogens is 4. The van der Waals surface area contributed by atoms with Gasteiger partial charge in [0.1, 0.15) is 0 Å². The molecule has 1 aromatic carbocycles. The van der Waals surface area contributed by atoms with Gasteiger partial charge >= 0.3 is 0 Å². The average molecular weight is 388 g/mol. The Morgan fingerprint density at radius 3 is 2.59 bits per heavy atom. The number of sulfone groups is 1. The van der Waals surface area contributed by atoms with Gasteiger partial charge in [-0.25, -0.2) is 13.4 Å². The lowest BCUT2D eigenvalue weighted by Crippen LogP contribution is -2.23. The molecule has 1 N–H and O–H groups in total. The number of H-pyrrole nitrogens is 1. The standard InChI is InChI=1S/C19H25N5O2S/c1-3-27(25,26)19-20-13-18(24(19)14-16-7-5-4-6-8-16)15-23(2)10-9-17-11-21-22-12-17/h4-8,11-13H,3,9-10,14-15H2,1-2H3,(H,21,22). The zero-order valence-corrected chi connectivity index (χ0v) is 16.5. The number of nitrogens with one attached hydrogen (secondary N) is 1. The number of hydrogen-bond acceptors (Lipinski definition) is 5. The van der Waals surface area contributed by atoms with Crippen molar-refractivity contribution >= 4 is 9.84 Å². The first-order valence-corrected chi connectivity index (χ1v) is 10.6. The Morgan fingerprint density at radius 1 is 1.15 bits per heavy atom. The molecule has 3 rings (SSSR count). The van der Waals surface area contributed by atoms with Gasteiger partial charge in [0.15, 0.2) is 0 Å². The van der Waals surface area contributed by atoms with Crippen molar-refractivity contribution < 1.29 is 8.42 Å². The van der Waals surface area contributed by atoms with Gasteiger partial charge in [0.2, 0.25) is 15.0 Å². The maximum Gasteiger partial charge on any atom is 0.228 e. The maximum absolute atomic E-state index is 12.5. The highest BCUT2D eigenvalue weighted by atomic mass is 32.2. The molecule has 0 amide bonds. The van der Waals surface area contributed by atoms with Gasteiger partial charge in [-0.15, -0.1) is 0 Å². The fourth-order valence-electron chi connectivity index (χ4n) is 2.92. The Hall–Kier alpha value is -2.45. The lowest BCUT2D eigenvalue weighted by atomic mass is 10.2. The Kier molecular flexibility index (Phi) is 6.08. The molecule has 0 spiro atoms. The molecular weight excluding hydrogens is 362 g/mol. The molecule has 0 saturated heterocycles. The van der Waals surface area contributed by atoms with Crippen molar-refractivity contribution in [1.29, 1.82) is 0 Å². The van der Waals surface area contributed by atoms with E-state index in [1.807, 2.05) is 54.3 Å². The lowest BCUT2D eigenvalue weighted by Gasteiger charge is -2.18. The fraction of sp³-hybridized carbons (Fsp3) is 0.368. The molecule has 0 fully saturated rings. The number of aromatic amines is 1. The van der Waals surface area contributed by atoms with E-state index < -0.39 is 9.84 Å². The van der Waals surface area contributed by atoms with Crippen molar-refractivity contribution in [2.45, 2.75) is 31.6 Å². The van der Waals surface area contributed by atoms with Crippen LogP contribution in [0.1, 0.15) is 23.7 Å². The summed E-state index contributed by atoms with van der Waals surface area (Å²) in [5, 5.41) is 6.92. The zero-order valence-electron chi connectivity index (χ0n) is 15.7. The molecule has 0 unspecified atom stereocenters. The molecule has 7 nitrogen and oxygen atoms in total. The van der Waals surface area contributed by atoms with Crippen LogP contribution in [0.3, 0.4) is 0 Å². The van der Waals surface area contributed by atoms with Crippen molar-refractivity contribution in [3.05, 3.63) is 65.7 Å². The Bertz CT molecular complexity index is 949. The van der Waals surface area contributed by atoms with Crippen LogP contribution in [-0.4, -0.2) is 52.4 Å². The number of rotatable bonds is 9. The van der Waals surface area contributed by atoms with Gasteiger partial charge in [0.05, 0.1) is 30.4 Å². The highest BCUT2D eigenvalue weighted by Gasteiger charge is 2.22. The second-order valence-electron chi connectivity index (χ2n) is 6.60. The smallest absolute Gasteiger partial charge is 0.228 e. The van der Waals surface area contributed by atoms with E-state index in [0.717, 1.165) is 29.8 Å². The molecule has 27 heavy (non-hydrogen) atoms. The van der Waals surface area contributed by atoms with Crippen LogP contribution in [-0.2, 0) is 29.3 Å². The molecule has 2 aromatic heterocycles. The Balaban J connectivity index is 1.81. The summed E-state index contributed by atoms with van der Waals surface area (Å²) in [4.78, 5) is 6.41. The van der Waals surface area contributed by atoms with Gasteiger partial charge in [-0.3, -0.25) is 5.10 Å². The Morgan fingerprint density at radius 2 is 1.93 bits per heavy atom. The summed E-state index contributed by atoms with van der Waals surface area (Å²) in [7, 11) is -1.37. The third kappa shape index (κ3) is 4.84. The second-order valence-corrected chi connectivity index (χ2v) is 8.77. The van der Waals surface area contributed by atoms with E-state index in [9.17, 15) is 8.42 Å². The molecule has 0 atom stereocenters. The molecule has 0 aliphatic rings. The van der Waals surface area contributed by atoms with E-state index in [1.165, 1.54) is 0 Å². The van der Waals surface area contributed by atoms with Crippen LogP contribution < -0.4 is 0 Å². The second kappa shape index (κ2) is 8.49. The molecule has 0 aliphatic carbocycles. The highest BCUT2D eigenvalue weighted by Crippen LogP contribution is 2.17. The quantitative estimate of drug-likeness (QED) is 0.608. The Labute approximate surface area is 160 Å². The summed E-state index contributed by atoms with van der Waals surface area (Å²) >= 11 is 0. The molecule has 0 aliphatic heterocycles. The largest absolute Gasteiger partial charge is 0.313 e. The van der Waals surface area contributed by atoms with E-state index in [-0.39, 0.29) is 10.9 Å². The van der Waals surface area contributed by atoms with Crippen molar-refractivity contribution in [3.63, 3.8) is 0 Å². The van der Waals surface area contributed by atoms with E-state index in [4.69, 9.17) is 0 Å². The van der Waals surface area contributed by atoms with Gasteiger partial charge in [-0.2, -0.15) is 5.10 Å². The molecule has 3 aromatic rings. The molecule has 0 bridgehead atoms. The van der Waals surface area contributed by atoms with Crippen LogP contribution in [0.25, 0.3) is 0 Å². The normalized spacial score (nSPS) is 12.0. The topological polar surface area (TPSA) is 83.9 Å². The SMILES string of the molecule is CCS(=O)(=O)c1ncc(CN(C)CCc2cn[nH]c2)n1Cc1ccccc1. The first-order chi connectivity index (χ1) is 13.0. The number of hydrogen-bond donors (Lipinski definition) is 1. The van der Waals surface area contributed by atoms with E-state index in [1.54, 1.807) is 13.1 Å². The summed E-state index contributed by atoms with van der Waals surface area (Å²) in [6.45, 7) is 3.59. The predicted octanol–water partition coefficient (Wildman–Crippen LogP) is 2.12. The van der Waals surface area contributed by atoms with Crippen LogP contribution in [0, 0.1) is 0 Å². The molecule has 0 saturated carbocycles. The summed E-state index contributed by atoms with van der Waals surface area (Å²) < 4.78 is 26.8. The molecular formula is C19H25N5O2S. The average Bonchev–Trinajstić information content (AvgIpc) is 3.32. The molecule has 144 valence electrons. The van der Waals surface area contributed by atoms with Gasteiger partial charge in [-0.05, 0) is 24.6 Å². The van der Waals surface area contributed by atoms with Crippen LogP contribution in [0.5, 0.6) is 0 Å². The summed E-state index contributed by atoms with van der Waals surface area (Å²) in [5.41, 5.74) is 3.08. The first-order valence-electron chi connectivity index (χ1n) is 8.97. The lowest BCUT2D eigenvalue weighted by molar-refractivity contribution is 0.320. The molecule has 8 heteroatoms. The highest BCUT2D eigenvalue weighted by molar-refractivity contribution is 7.91. The molecule has 0 radical (unpaired) electrons. The van der Waals surface area contributed by atoms with Gasteiger partial charge in [0.25, 0.3) is 0 Å². The van der Waals surface area contributed by atoms with Crippen molar-refractivity contribution in [3.8, 4) is 0 Å². The number of benzene rings is 1. The minimum atomic E-state index is -3.39. The van der Waals surface area contributed by atoms with E-state index in [0.29, 0.717) is 13.1 Å². The van der Waals surface area contributed by atoms with Crippen molar-refractivity contribution in [2.24, 2.45) is 0 Å². The third-order valence-electron chi connectivity index (χ3n) is 4.51. The van der Waals surface area contributed by atoms with E-state index >= 15 is 0 Å². The van der Waals surface area contributed by atoms with Crippen LogP contribution in [0.15, 0.2) is 54.1 Å². The third-order valence-corrected chi connectivity index (χ3v) is 6.15. The van der Waals surface area contributed by atoms with Gasteiger partial charge in [0, 0.05) is 19.3 Å². The minimum Gasteiger partial charge on any atom is -0.313 e. The van der Waals surface area contributed by atoms with Crippen LogP contribution in [0.4, 0.5) is 0 Å². The summed E-state index contributed by atoms with van der Waals surface area (Å²) in [5.74, 6) is 0.0363. The van der Waals surface area contributed by atoms with Gasteiger partial charge < -0.3 is 9.47 Å². The van der Waals surface area contributed by atoms with Crippen LogP contribution >= 0.6 is 0 Å². The summed E-state index contributed by atoms with van der Waals surface area (Å²) in [6, 6.07) is 9.85. The monoisotopic (exact) mass is 387 g/mol. The minimum absolute atomic E-state index is 0.0363. The number of imidazole rings is 1. The molecule has 2 heterocycles. The number of likely N-dealkylation sites (N-methyl/N-ethyl adjacent to an activating group) is 1.